The van der Waals surface area contributed by atoms with Gasteiger partial charge in [-0.1, -0.05) is 13.8 Å². The molecule has 0 aliphatic heterocycles. The van der Waals surface area contributed by atoms with Crippen molar-refractivity contribution < 1.29 is 14.0 Å². The van der Waals surface area contributed by atoms with Crippen LogP contribution in [-0.4, -0.2) is 16.7 Å². The number of amides is 1. The number of Topliss-reactive ketones (excluding diaryl/α,β-unsaturated/α-hetero) is 1. The van der Waals surface area contributed by atoms with Crippen molar-refractivity contribution in [3.05, 3.63) is 52.7 Å². The van der Waals surface area contributed by atoms with Gasteiger partial charge in [0.05, 0.1) is 11.6 Å². The van der Waals surface area contributed by atoms with Crippen LogP contribution in [0.25, 0.3) is 0 Å². The van der Waals surface area contributed by atoms with Crippen LogP contribution in [-0.2, 0) is 6.42 Å². The molecule has 0 spiro atoms. The average molecular weight is 326 g/mol. The Balaban J connectivity index is 1.86. The van der Waals surface area contributed by atoms with E-state index in [-0.39, 0.29) is 28.9 Å². The fourth-order valence-electron chi connectivity index (χ4n) is 3.30. The van der Waals surface area contributed by atoms with Crippen LogP contribution in [0.15, 0.2) is 28.9 Å². The Morgan fingerprint density at radius 3 is 2.62 bits per heavy atom. The zero-order chi connectivity index (χ0) is 17.5. The van der Waals surface area contributed by atoms with Gasteiger partial charge >= 0.3 is 0 Å². The molecule has 0 saturated carbocycles. The standard InChI is InChI=1S/C19H22N2O3/c1-11-16-14(22)9-19(3,4)10-15(16)24-17(11)18(23)21-12(2)13-5-7-20-8-6-13/h5-8,12H,9-10H2,1-4H3,(H,21,23)/t12-/m0/s1. The third-order valence-electron chi connectivity index (χ3n) is 4.54. The summed E-state index contributed by atoms with van der Waals surface area (Å²) in [4.78, 5) is 29.0. The molecule has 1 N–H and O–H groups in total. The van der Waals surface area contributed by atoms with Crippen LogP contribution in [0.1, 0.15) is 71.0 Å². The Kier molecular flexibility index (Phi) is 4.03. The molecule has 1 aliphatic rings. The van der Waals surface area contributed by atoms with Gasteiger partial charge in [0.1, 0.15) is 5.76 Å². The second-order valence-electron chi connectivity index (χ2n) is 7.27. The smallest absolute Gasteiger partial charge is 0.287 e. The van der Waals surface area contributed by atoms with Gasteiger partial charge in [-0.25, -0.2) is 0 Å². The summed E-state index contributed by atoms with van der Waals surface area (Å²) in [6.45, 7) is 7.76. The molecule has 5 heteroatoms. The first kappa shape index (κ1) is 16.4. The number of hydrogen-bond acceptors (Lipinski definition) is 4. The molecular weight excluding hydrogens is 304 g/mol. The molecule has 1 amide bonds. The number of rotatable bonds is 3. The number of fused-ring (bicyclic) bond motifs is 1. The Morgan fingerprint density at radius 1 is 1.29 bits per heavy atom. The van der Waals surface area contributed by atoms with E-state index in [2.05, 4.69) is 10.3 Å². The zero-order valence-corrected chi connectivity index (χ0v) is 14.5. The van der Waals surface area contributed by atoms with Gasteiger partial charge < -0.3 is 9.73 Å². The summed E-state index contributed by atoms with van der Waals surface area (Å²) in [6.07, 6.45) is 4.53. The maximum Gasteiger partial charge on any atom is 0.287 e. The topological polar surface area (TPSA) is 72.2 Å². The predicted molar refractivity (Wildman–Crippen MR) is 90.0 cm³/mol. The molecule has 0 unspecified atom stereocenters. The van der Waals surface area contributed by atoms with Crippen LogP contribution >= 0.6 is 0 Å². The predicted octanol–water partition coefficient (Wildman–Crippen LogP) is 3.63. The van der Waals surface area contributed by atoms with E-state index >= 15 is 0 Å². The number of nitrogens with zero attached hydrogens (tertiary/aromatic N) is 1. The second kappa shape index (κ2) is 5.89. The van der Waals surface area contributed by atoms with Crippen LogP contribution in [0.5, 0.6) is 0 Å². The minimum Gasteiger partial charge on any atom is -0.455 e. The lowest BCUT2D eigenvalue weighted by Gasteiger charge is -2.27. The molecule has 2 aromatic rings. The number of aromatic nitrogens is 1. The third kappa shape index (κ3) is 2.98. The quantitative estimate of drug-likeness (QED) is 0.935. The zero-order valence-electron chi connectivity index (χ0n) is 14.5. The molecule has 1 aliphatic carbocycles. The number of pyridine rings is 1. The number of hydrogen-bond donors (Lipinski definition) is 1. The molecule has 5 nitrogen and oxygen atoms in total. The van der Waals surface area contributed by atoms with Crippen molar-refractivity contribution >= 4 is 11.7 Å². The number of ketones is 1. The van der Waals surface area contributed by atoms with Crippen molar-refractivity contribution in [3.63, 3.8) is 0 Å². The Labute approximate surface area is 141 Å². The van der Waals surface area contributed by atoms with Crippen LogP contribution in [0.4, 0.5) is 0 Å². The van der Waals surface area contributed by atoms with Crippen LogP contribution < -0.4 is 5.32 Å². The molecule has 126 valence electrons. The van der Waals surface area contributed by atoms with E-state index in [0.717, 1.165) is 5.56 Å². The highest BCUT2D eigenvalue weighted by molar-refractivity contribution is 6.03. The third-order valence-corrected chi connectivity index (χ3v) is 4.54. The summed E-state index contributed by atoms with van der Waals surface area (Å²) in [5.74, 6) is 0.642. The van der Waals surface area contributed by atoms with Gasteiger partial charge in [0, 0.05) is 30.8 Å². The molecule has 0 bridgehead atoms. The van der Waals surface area contributed by atoms with Crippen LogP contribution in [0.3, 0.4) is 0 Å². The van der Waals surface area contributed by atoms with Crippen molar-refractivity contribution in [3.8, 4) is 0 Å². The fourth-order valence-corrected chi connectivity index (χ4v) is 3.30. The first-order valence-corrected chi connectivity index (χ1v) is 8.15. The van der Waals surface area contributed by atoms with Crippen molar-refractivity contribution in [2.75, 3.05) is 0 Å². The van der Waals surface area contributed by atoms with Gasteiger partial charge in [-0.15, -0.1) is 0 Å². The Morgan fingerprint density at radius 2 is 1.96 bits per heavy atom. The second-order valence-corrected chi connectivity index (χ2v) is 7.27. The monoisotopic (exact) mass is 326 g/mol. The highest BCUT2D eigenvalue weighted by atomic mass is 16.4. The molecule has 0 radical (unpaired) electrons. The van der Waals surface area contributed by atoms with Gasteiger partial charge in [-0.3, -0.25) is 14.6 Å². The molecule has 0 saturated heterocycles. The van der Waals surface area contributed by atoms with E-state index in [4.69, 9.17) is 4.42 Å². The largest absolute Gasteiger partial charge is 0.455 e. The molecule has 0 fully saturated rings. The van der Waals surface area contributed by atoms with Gasteiger partial charge in [-0.05, 0) is 37.0 Å². The minimum atomic E-state index is -0.295. The van der Waals surface area contributed by atoms with E-state index in [0.29, 0.717) is 29.7 Å². The van der Waals surface area contributed by atoms with Crippen molar-refractivity contribution in [2.45, 2.75) is 46.6 Å². The Bertz CT molecular complexity index is 790. The summed E-state index contributed by atoms with van der Waals surface area (Å²) in [5, 5.41) is 2.93. The number of furan rings is 1. The first-order chi connectivity index (χ1) is 11.3. The lowest BCUT2D eigenvalue weighted by atomic mass is 9.76. The van der Waals surface area contributed by atoms with E-state index < -0.39 is 0 Å². The van der Waals surface area contributed by atoms with Gasteiger partial charge in [0.15, 0.2) is 11.5 Å². The lowest BCUT2D eigenvalue weighted by molar-refractivity contribution is 0.0883. The number of carbonyl (C=O) groups is 2. The van der Waals surface area contributed by atoms with Crippen molar-refractivity contribution in [2.24, 2.45) is 5.41 Å². The number of carbonyl (C=O) groups excluding carboxylic acids is 2. The molecule has 2 aromatic heterocycles. The number of nitrogens with one attached hydrogen (secondary N) is 1. The van der Waals surface area contributed by atoms with Gasteiger partial charge in [-0.2, -0.15) is 0 Å². The minimum absolute atomic E-state index is 0.0590. The summed E-state index contributed by atoms with van der Waals surface area (Å²) >= 11 is 0. The lowest BCUT2D eigenvalue weighted by Crippen LogP contribution is -2.27. The highest BCUT2D eigenvalue weighted by Gasteiger charge is 2.37. The van der Waals surface area contributed by atoms with E-state index in [1.807, 2.05) is 32.9 Å². The molecular formula is C19H22N2O3. The molecule has 0 aromatic carbocycles. The molecule has 24 heavy (non-hydrogen) atoms. The maximum absolute atomic E-state index is 12.6. The van der Waals surface area contributed by atoms with Crippen molar-refractivity contribution in [1.29, 1.82) is 0 Å². The molecule has 1 atom stereocenters. The SMILES string of the molecule is Cc1c(C(=O)N[C@@H](C)c2ccncc2)oc2c1C(=O)CC(C)(C)C2. The maximum atomic E-state index is 12.6. The fraction of sp³-hybridized carbons (Fsp3) is 0.421. The Hall–Kier alpha value is -2.43. The normalized spacial score (nSPS) is 17.2. The first-order valence-electron chi connectivity index (χ1n) is 8.15. The summed E-state index contributed by atoms with van der Waals surface area (Å²) in [6, 6.07) is 3.54. The van der Waals surface area contributed by atoms with E-state index in [1.54, 1.807) is 19.3 Å². The van der Waals surface area contributed by atoms with Crippen molar-refractivity contribution in [1.82, 2.24) is 10.3 Å². The summed E-state index contributed by atoms with van der Waals surface area (Å²) in [5.41, 5.74) is 2.07. The van der Waals surface area contributed by atoms with E-state index in [1.165, 1.54) is 0 Å². The van der Waals surface area contributed by atoms with E-state index in [9.17, 15) is 9.59 Å². The van der Waals surface area contributed by atoms with Crippen LogP contribution in [0.2, 0.25) is 0 Å². The summed E-state index contributed by atoms with van der Waals surface area (Å²) in [7, 11) is 0. The summed E-state index contributed by atoms with van der Waals surface area (Å²) < 4.78 is 5.80. The highest BCUT2D eigenvalue weighted by Crippen LogP contribution is 2.38. The van der Waals surface area contributed by atoms with Crippen LogP contribution in [0, 0.1) is 12.3 Å². The molecule has 3 rings (SSSR count). The van der Waals surface area contributed by atoms with Gasteiger partial charge in [0.25, 0.3) is 5.91 Å². The molecule has 2 heterocycles. The average Bonchev–Trinajstić information content (AvgIpc) is 2.83. The van der Waals surface area contributed by atoms with Gasteiger partial charge in [0.2, 0.25) is 0 Å².